The van der Waals surface area contributed by atoms with Crippen LogP contribution in [0.2, 0.25) is 0 Å². The Balaban J connectivity index is 1.70. The first-order valence-electron chi connectivity index (χ1n) is 8.74. The second kappa shape index (κ2) is 9.72. The molecule has 3 amide bonds. The molecule has 0 saturated heterocycles. The summed E-state index contributed by atoms with van der Waals surface area (Å²) in [5, 5.41) is 9.02. The maximum Gasteiger partial charge on any atom is 0.321 e. The molecule has 0 aliphatic rings. The topological polar surface area (TPSA) is 87.5 Å². The number of rotatable bonds is 8. The maximum atomic E-state index is 11.8. The predicted octanol–water partition coefficient (Wildman–Crippen LogP) is 2.44. The number of benzene rings is 1. The number of aryl methyl sites for hydroxylation is 1. The molecule has 1 aromatic heterocycles. The van der Waals surface area contributed by atoms with Gasteiger partial charge in [-0.15, -0.1) is 0 Å². The Kier molecular flexibility index (Phi) is 7.35. The SMILES string of the molecule is CC(C)NC(=O)NC(=O)CN(C)CCCc1cc(-c2ccccc2)no1. The van der Waals surface area contributed by atoms with E-state index in [0.717, 1.165) is 29.9 Å². The minimum absolute atomic E-state index is 0.0109. The van der Waals surface area contributed by atoms with Crippen molar-refractivity contribution in [1.29, 1.82) is 0 Å². The number of nitrogens with one attached hydrogen (secondary N) is 2. The van der Waals surface area contributed by atoms with Crippen LogP contribution < -0.4 is 10.6 Å². The molecule has 0 bridgehead atoms. The van der Waals surface area contributed by atoms with E-state index in [-0.39, 0.29) is 18.5 Å². The number of nitrogens with zero attached hydrogens (tertiary/aromatic N) is 2. The Bertz CT molecular complexity index is 713. The van der Waals surface area contributed by atoms with E-state index in [4.69, 9.17) is 4.52 Å². The highest BCUT2D eigenvalue weighted by molar-refractivity contribution is 5.95. The van der Waals surface area contributed by atoms with Crippen LogP contribution in [0, 0.1) is 0 Å². The summed E-state index contributed by atoms with van der Waals surface area (Å²) in [5.74, 6) is 0.495. The molecule has 0 saturated carbocycles. The van der Waals surface area contributed by atoms with Crippen molar-refractivity contribution < 1.29 is 14.1 Å². The summed E-state index contributed by atoms with van der Waals surface area (Å²) in [5.41, 5.74) is 1.85. The molecule has 1 heterocycles. The van der Waals surface area contributed by atoms with Gasteiger partial charge in [-0.3, -0.25) is 15.0 Å². The predicted molar refractivity (Wildman–Crippen MR) is 99.6 cm³/mol. The first-order chi connectivity index (χ1) is 12.4. The number of hydrogen-bond donors (Lipinski definition) is 2. The van der Waals surface area contributed by atoms with Crippen LogP contribution in [0.5, 0.6) is 0 Å². The number of imide groups is 1. The monoisotopic (exact) mass is 358 g/mol. The second-order valence-corrected chi connectivity index (χ2v) is 6.56. The Morgan fingerprint density at radius 3 is 2.65 bits per heavy atom. The van der Waals surface area contributed by atoms with Crippen LogP contribution in [-0.4, -0.2) is 48.2 Å². The number of carbonyl (C=O) groups is 2. The Hall–Kier alpha value is -2.67. The van der Waals surface area contributed by atoms with Gasteiger partial charge in [0.25, 0.3) is 0 Å². The van der Waals surface area contributed by atoms with Crippen molar-refractivity contribution in [2.45, 2.75) is 32.7 Å². The smallest absolute Gasteiger partial charge is 0.321 e. The van der Waals surface area contributed by atoms with Gasteiger partial charge in [-0.25, -0.2) is 4.79 Å². The van der Waals surface area contributed by atoms with Crippen LogP contribution in [0.25, 0.3) is 11.3 Å². The largest absolute Gasteiger partial charge is 0.361 e. The van der Waals surface area contributed by atoms with E-state index in [1.807, 2.05) is 62.2 Å². The Labute approximate surface area is 153 Å². The lowest BCUT2D eigenvalue weighted by molar-refractivity contribution is -0.120. The number of hydrogen-bond acceptors (Lipinski definition) is 5. The van der Waals surface area contributed by atoms with E-state index in [1.54, 1.807) is 0 Å². The fraction of sp³-hybridized carbons (Fsp3) is 0.421. The van der Waals surface area contributed by atoms with Gasteiger partial charge in [0.05, 0.1) is 6.54 Å². The van der Waals surface area contributed by atoms with Crippen LogP contribution in [-0.2, 0) is 11.2 Å². The zero-order chi connectivity index (χ0) is 18.9. The molecule has 0 spiro atoms. The summed E-state index contributed by atoms with van der Waals surface area (Å²) in [6.45, 7) is 4.55. The third-order valence-electron chi connectivity index (χ3n) is 3.68. The van der Waals surface area contributed by atoms with Gasteiger partial charge < -0.3 is 9.84 Å². The summed E-state index contributed by atoms with van der Waals surface area (Å²) in [4.78, 5) is 25.1. The van der Waals surface area contributed by atoms with Gasteiger partial charge in [-0.2, -0.15) is 0 Å². The fourth-order valence-electron chi connectivity index (χ4n) is 2.49. The summed E-state index contributed by atoms with van der Waals surface area (Å²) >= 11 is 0. The van der Waals surface area contributed by atoms with E-state index in [0.29, 0.717) is 6.54 Å². The molecule has 0 aliphatic heterocycles. The summed E-state index contributed by atoms with van der Waals surface area (Å²) < 4.78 is 5.37. The lowest BCUT2D eigenvalue weighted by Gasteiger charge is -2.16. The minimum atomic E-state index is -0.464. The molecule has 0 fully saturated rings. The van der Waals surface area contributed by atoms with Crippen molar-refractivity contribution in [1.82, 2.24) is 20.7 Å². The first kappa shape index (κ1) is 19.7. The Morgan fingerprint density at radius 1 is 1.23 bits per heavy atom. The summed E-state index contributed by atoms with van der Waals surface area (Å²) in [6, 6.07) is 11.3. The lowest BCUT2D eigenvalue weighted by Crippen LogP contribution is -2.45. The van der Waals surface area contributed by atoms with Gasteiger partial charge in [0.1, 0.15) is 11.5 Å². The fourth-order valence-corrected chi connectivity index (χ4v) is 2.49. The van der Waals surface area contributed by atoms with Crippen molar-refractivity contribution in [3.05, 3.63) is 42.2 Å². The van der Waals surface area contributed by atoms with Crippen LogP contribution in [0.3, 0.4) is 0 Å². The average Bonchev–Trinajstić information content (AvgIpc) is 3.03. The van der Waals surface area contributed by atoms with Gasteiger partial charge in [-0.05, 0) is 33.9 Å². The van der Waals surface area contributed by atoms with Crippen molar-refractivity contribution >= 4 is 11.9 Å². The molecule has 0 unspecified atom stereocenters. The molecule has 2 N–H and O–H groups in total. The van der Waals surface area contributed by atoms with Gasteiger partial charge in [0.15, 0.2) is 0 Å². The molecule has 140 valence electrons. The molecule has 0 atom stereocenters. The number of carbonyl (C=O) groups excluding carboxylic acids is 2. The zero-order valence-corrected chi connectivity index (χ0v) is 15.5. The highest BCUT2D eigenvalue weighted by Gasteiger charge is 2.12. The van der Waals surface area contributed by atoms with Crippen molar-refractivity contribution in [2.75, 3.05) is 20.1 Å². The number of likely N-dealkylation sites (N-methyl/N-ethyl adjacent to an activating group) is 1. The van der Waals surface area contributed by atoms with E-state index in [1.165, 1.54) is 0 Å². The van der Waals surface area contributed by atoms with E-state index in [9.17, 15) is 9.59 Å². The molecule has 26 heavy (non-hydrogen) atoms. The Morgan fingerprint density at radius 2 is 1.96 bits per heavy atom. The van der Waals surface area contributed by atoms with E-state index < -0.39 is 6.03 Å². The number of aromatic nitrogens is 1. The molecule has 2 aromatic rings. The standard InChI is InChI=1S/C19H26N4O3/c1-14(2)20-19(25)21-18(24)13-23(3)11-7-10-16-12-17(22-26-16)15-8-5-4-6-9-15/h4-6,8-9,12,14H,7,10-11,13H2,1-3H3,(H2,20,21,24,25). The van der Waals surface area contributed by atoms with E-state index in [2.05, 4.69) is 15.8 Å². The molecule has 0 aliphatic carbocycles. The van der Waals surface area contributed by atoms with Gasteiger partial charge in [0, 0.05) is 24.1 Å². The molecule has 7 heteroatoms. The van der Waals surface area contributed by atoms with Crippen molar-refractivity contribution in [3.63, 3.8) is 0 Å². The van der Waals surface area contributed by atoms with Crippen LogP contribution in [0.1, 0.15) is 26.0 Å². The van der Waals surface area contributed by atoms with Crippen LogP contribution >= 0.6 is 0 Å². The quantitative estimate of drug-likeness (QED) is 0.757. The lowest BCUT2D eigenvalue weighted by atomic mass is 10.1. The number of urea groups is 1. The van der Waals surface area contributed by atoms with Crippen LogP contribution in [0.4, 0.5) is 4.79 Å². The van der Waals surface area contributed by atoms with Crippen molar-refractivity contribution in [2.24, 2.45) is 0 Å². The van der Waals surface area contributed by atoms with Gasteiger partial charge >= 0.3 is 6.03 Å². The van der Waals surface area contributed by atoms with E-state index >= 15 is 0 Å². The minimum Gasteiger partial charge on any atom is -0.361 e. The molecule has 1 aromatic carbocycles. The third-order valence-corrected chi connectivity index (χ3v) is 3.68. The summed E-state index contributed by atoms with van der Waals surface area (Å²) in [6.07, 6.45) is 1.56. The second-order valence-electron chi connectivity index (χ2n) is 6.56. The summed E-state index contributed by atoms with van der Waals surface area (Å²) in [7, 11) is 1.84. The molecular weight excluding hydrogens is 332 g/mol. The number of amides is 3. The average molecular weight is 358 g/mol. The first-order valence-corrected chi connectivity index (χ1v) is 8.74. The van der Waals surface area contributed by atoms with Crippen LogP contribution in [0.15, 0.2) is 40.9 Å². The third kappa shape index (κ3) is 6.68. The zero-order valence-electron chi connectivity index (χ0n) is 15.5. The molecule has 7 nitrogen and oxygen atoms in total. The van der Waals surface area contributed by atoms with Gasteiger partial charge in [0.2, 0.25) is 5.91 Å². The van der Waals surface area contributed by atoms with Crippen molar-refractivity contribution in [3.8, 4) is 11.3 Å². The highest BCUT2D eigenvalue weighted by atomic mass is 16.5. The molecule has 2 rings (SSSR count). The molecular formula is C19H26N4O3. The molecule has 0 radical (unpaired) electrons. The highest BCUT2D eigenvalue weighted by Crippen LogP contribution is 2.19. The van der Waals surface area contributed by atoms with Gasteiger partial charge in [-0.1, -0.05) is 35.5 Å². The normalized spacial score (nSPS) is 11.0. The maximum absolute atomic E-state index is 11.8.